The Morgan fingerprint density at radius 1 is 1.19 bits per heavy atom. The van der Waals surface area contributed by atoms with Crippen LogP contribution in [0.5, 0.6) is 11.5 Å². The molecule has 5 heteroatoms. The van der Waals surface area contributed by atoms with Crippen molar-refractivity contribution >= 4 is 6.03 Å². The summed E-state index contributed by atoms with van der Waals surface area (Å²) >= 11 is 0. The molecule has 0 aliphatic carbocycles. The molecule has 1 atom stereocenters. The number of rotatable bonds is 7. The highest BCUT2D eigenvalue weighted by molar-refractivity contribution is 5.74. The van der Waals surface area contributed by atoms with Crippen molar-refractivity contribution in [3.63, 3.8) is 0 Å². The van der Waals surface area contributed by atoms with Gasteiger partial charge < -0.3 is 20.1 Å². The van der Waals surface area contributed by atoms with Crippen LogP contribution in [0.15, 0.2) is 48.5 Å². The fraction of sp³-hybridized carbons (Fsp3) is 0.381. The van der Waals surface area contributed by atoms with E-state index in [1.807, 2.05) is 24.3 Å². The first kappa shape index (κ1) is 19.6. The molecule has 0 saturated heterocycles. The predicted octanol–water partition coefficient (Wildman–Crippen LogP) is 3.98. The molecule has 2 aromatic rings. The van der Waals surface area contributed by atoms with Crippen LogP contribution in [0.1, 0.15) is 30.9 Å². The number of hydrogen-bond acceptors (Lipinski definition) is 3. The lowest BCUT2D eigenvalue weighted by Crippen LogP contribution is -2.39. The van der Waals surface area contributed by atoms with Gasteiger partial charge in [0, 0.05) is 26.1 Å². The Morgan fingerprint density at radius 3 is 2.46 bits per heavy atom. The van der Waals surface area contributed by atoms with Gasteiger partial charge in [-0.2, -0.15) is 0 Å². The van der Waals surface area contributed by atoms with Gasteiger partial charge in [-0.15, -0.1) is 0 Å². The largest absolute Gasteiger partial charge is 0.504 e. The molecule has 2 amide bonds. The summed E-state index contributed by atoms with van der Waals surface area (Å²) in [5, 5.41) is 12.9. The third-order valence-corrected chi connectivity index (χ3v) is 4.52. The first-order valence-electron chi connectivity index (χ1n) is 8.82. The number of aromatic hydroxyl groups is 1. The SMILES string of the molecule is COc1ccc(CN(C)C(=O)NCC(c2ccccc2)C(C)C)cc1O. The molecule has 0 aromatic heterocycles. The average Bonchev–Trinajstić information content (AvgIpc) is 2.62. The topological polar surface area (TPSA) is 61.8 Å². The van der Waals surface area contributed by atoms with Crippen LogP contribution >= 0.6 is 0 Å². The summed E-state index contributed by atoms with van der Waals surface area (Å²) < 4.78 is 5.04. The molecule has 1 unspecified atom stereocenters. The molecule has 0 radical (unpaired) electrons. The molecule has 2 rings (SSSR count). The minimum absolute atomic E-state index is 0.0720. The summed E-state index contributed by atoms with van der Waals surface area (Å²) in [6.45, 7) is 5.31. The van der Waals surface area contributed by atoms with E-state index in [1.165, 1.54) is 12.7 Å². The molecule has 26 heavy (non-hydrogen) atoms. The standard InChI is InChI=1S/C21H28N2O3/c1-15(2)18(17-8-6-5-7-9-17)13-22-21(25)23(3)14-16-10-11-20(26-4)19(24)12-16/h5-12,15,18,24H,13-14H2,1-4H3,(H,22,25). The summed E-state index contributed by atoms with van der Waals surface area (Å²) in [6, 6.07) is 15.2. The molecular weight excluding hydrogens is 328 g/mol. The molecule has 140 valence electrons. The Labute approximate surface area is 155 Å². The van der Waals surface area contributed by atoms with Crippen LogP contribution in [0, 0.1) is 5.92 Å². The molecule has 2 N–H and O–H groups in total. The molecule has 5 nitrogen and oxygen atoms in total. The summed E-state index contributed by atoms with van der Waals surface area (Å²) in [6.07, 6.45) is 0. The fourth-order valence-electron chi connectivity index (χ4n) is 2.95. The van der Waals surface area contributed by atoms with Crippen LogP contribution in [0.3, 0.4) is 0 Å². The Bertz CT molecular complexity index is 716. The summed E-state index contributed by atoms with van der Waals surface area (Å²) in [5.41, 5.74) is 2.06. The van der Waals surface area contributed by atoms with Crippen molar-refractivity contribution in [2.75, 3.05) is 20.7 Å². The fourth-order valence-corrected chi connectivity index (χ4v) is 2.95. The molecule has 0 spiro atoms. The number of ether oxygens (including phenoxy) is 1. The van der Waals surface area contributed by atoms with Gasteiger partial charge in [0.05, 0.1) is 7.11 Å². The molecule has 0 aliphatic heterocycles. The van der Waals surface area contributed by atoms with E-state index < -0.39 is 0 Å². The summed E-state index contributed by atoms with van der Waals surface area (Å²) in [7, 11) is 3.25. The number of nitrogens with one attached hydrogen (secondary N) is 1. The lowest BCUT2D eigenvalue weighted by Gasteiger charge is -2.24. The number of phenolic OH excluding ortho intramolecular Hbond substituents is 1. The zero-order valence-corrected chi connectivity index (χ0v) is 15.9. The van der Waals surface area contributed by atoms with Crippen LogP contribution < -0.4 is 10.1 Å². The minimum Gasteiger partial charge on any atom is -0.504 e. The number of carbonyl (C=O) groups excluding carboxylic acids is 1. The second-order valence-corrected chi connectivity index (χ2v) is 6.81. The van der Waals surface area contributed by atoms with Crippen molar-refractivity contribution in [1.29, 1.82) is 0 Å². The maximum atomic E-state index is 12.4. The van der Waals surface area contributed by atoms with Gasteiger partial charge in [0.25, 0.3) is 0 Å². The first-order chi connectivity index (χ1) is 12.4. The van der Waals surface area contributed by atoms with Gasteiger partial charge in [0.2, 0.25) is 0 Å². The van der Waals surface area contributed by atoms with Crippen LogP contribution in [0.2, 0.25) is 0 Å². The van der Waals surface area contributed by atoms with E-state index in [2.05, 4.69) is 31.3 Å². The summed E-state index contributed by atoms with van der Waals surface area (Å²) in [4.78, 5) is 14.0. The molecule has 0 heterocycles. The van der Waals surface area contributed by atoms with E-state index >= 15 is 0 Å². The Hall–Kier alpha value is -2.69. The minimum atomic E-state index is -0.137. The van der Waals surface area contributed by atoms with E-state index in [0.717, 1.165) is 5.56 Å². The van der Waals surface area contributed by atoms with Crippen molar-refractivity contribution in [2.24, 2.45) is 5.92 Å². The molecular formula is C21H28N2O3. The summed E-state index contributed by atoms with van der Waals surface area (Å²) in [5.74, 6) is 1.17. The zero-order valence-electron chi connectivity index (χ0n) is 15.9. The molecule has 0 saturated carbocycles. The number of nitrogens with zero attached hydrogens (tertiary/aromatic N) is 1. The van der Waals surface area contributed by atoms with Gasteiger partial charge in [-0.3, -0.25) is 0 Å². The average molecular weight is 356 g/mol. The Kier molecular flexibility index (Phi) is 6.89. The van der Waals surface area contributed by atoms with Gasteiger partial charge in [0.15, 0.2) is 11.5 Å². The van der Waals surface area contributed by atoms with Gasteiger partial charge in [0.1, 0.15) is 0 Å². The first-order valence-corrected chi connectivity index (χ1v) is 8.82. The van der Waals surface area contributed by atoms with Crippen molar-refractivity contribution in [3.8, 4) is 11.5 Å². The van der Waals surface area contributed by atoms with E-state index in [9.17, 15) is 9.90 Å². The predicted molar refractivity (Wildman–Crippen MR) is 104 cm³/mol. The van der Waals surface area contributed by atoms with Crippen LogP contribution in [-0.2, 0) is 6.54 Å². The van der Waals surface area contributed by atoms with Gasteiger partial charge >= 0.3 is 6.03 Å². The maximum absolute atomic E-state index is 12.4. The van der Waals surface area contributed by atoms with E-state index in [4.69, 9.17) is 4.74 Å². The quantitative estimate of drug-likeness (QED) is 0.789. The Balaban J connectivity index is 1.94. The second-order valence-electron chi connectivity index (χ2n) is 6.81. The molecule has 0 aliphatic rings. The van der Waals surface area contributed by atoms with Crippen LogP contribution in [0.25, 0.3) is 0 Å². The third kappa shape index (κ3) is 5.15. The second kappa shape index (κ2) is 9.13. The van der Waals surface area contributed by atoms with Gasteiger partial charge in [-0.05, 0) is 29.2 Å². The molecule has 0 fully saturated rings. The maximum Gasteiger partial charge on any atom is 0.317 e. The lowest BCUT2D eigenvalue weighted by atomic mass is 9.88. The van der Waals surface area contributed by atoms with E-state index in [-0.39, 0.29) is 17.7 Å². The number of benzene rings is 2. The smallest absolute Gasteiger partial charge is 0.317 e. The third-order valence-electron chi connectivity index (χ3n) is 4.52. The van der Waals surface area contributed by atoms with Crippen molar-refractivity contribution < 1.29 is 14.6 Å². The number of carbonyl (C=O) groups is 1. The highest BCUT2D eigenvalue weighted by Gasteiger charge is 2.18. The number of urea groups is 1. The highest BCUT2D eigenvalue weighted by atomic mass is 16.5. The van der Waals surface area contributed by atoms with Crippen LogP contribution in [-0.4, -0.2) is 36.7 Å². The van der Waals surface area contributed by atoms with Crippen molar-refractivity contribution in [1.82, 2.24) is 10.2 Å². The molecule has 2 aromatic carbocycles. The number of methoxy groups -OCH3 is 1. The van der Waals surface area contributed by atoms with Crippen molar-refractivity contribution in [3.05, 3.63) is 59.7 Å². The zero-order chi connectivity index (χ0) is 19.1. The van der Waals surface area contributed by atoms with E-state index in [0.29, 0.717) is 24.8 Å². The number of amides is 2. The van der Waals surface area contributed by atoms with Crippen molar-refractivity contribution in [2.45, 2.75) is 26.3 Å². The Morgan fingerprint density at radius 2 is 1.88 bits per heavy atom. The number of hydrogen-bond donors (Lipinski definition) is 2. The highest BCUT2D eigenvalue weighted by Crippen LogP contribution is 2.27. The monoisotopic (exact) mass is 356 g/mol. The van der Waals surface area contributed by atoms with Gasteiger partial charge in [-0.1, -0.05) is 50.2 Å². The normalized spacial score (nSPS) is 11.9. The molecule has 0 bridgehead atoms. The number of phenols is 1. The lowest BCUT2D eigenvalue weighted by molar-refractivity contribution is 0.205. The van der Waals surface area contributed by atoms with E-state index in [1.54, 1.807) is 24.1 Å². The van der Waals surface area contributed by atoms with Gasteiger partial charge in [-0.25, -0.2) is 4.79 Å². The van der Waals surface area contributed by atoms with Crippen LogP contribution in [0.4, 0.5) is 4.79 Å².